The van der Waals surface area contributed by atoms with Gasteiger partial charge in [0.2, 0.25) is 5.91 Å². The molecule has 0 bridgehead atoms. The number of benzene rings is 1. The topological polar surface area (TPSA) is 49.6 Å². The smallest absolute Gasteiger partial charge is 0.236 e. The molecule has 1 saturated heterocycles. The number of aromatic nitrogens is 1. The van der Waals surface area contributed by atoms with Gasteiger partial charge in [-0.2, -0.15) is 0 Å². The molecule has 6 heteroatoms. The lowest BCUT2D eigenvalue weighted by Gasteiger charge is -2.32. The molecule has 27 heavy (non-hydrogen) atoms. The van der Waals surface area contributed by atoms with Crippen molar-refractivity contribution in [2.45, 2.75) is 32.2 Å². The van der Waals surface area contributed by atoms with Crippen molar-refractivity contribution in [2.24, 2.45) is 0 Å². The highest BCUT2D eigenvalue weighted by Crippen LogP contribution is 2.33. The zero-order valence-corrected chi connectivity index (χ0v) is 16.7. The van der Waals surface area contributed by atoms with E-state index in [1.165, 1.54) is 9.71 Å². The Labute approximate surface area is 163 Å². The van der Waals surface area contributed by atoms with Gasteiger partial charge in [-0.3, -0.25) is 9.69 Å². The third-order valence-corrected chi connectivity index (χ3v) is 6.33. The van der Waals surface area contributed by atoms with E-state index >= 15 is 0 Å². The van der Waals surface area contributed by atoms with Crippen molar-refractivity contribution in [1.29, 1.82) is 0 Å². The van der Waals surface area contributed by atoms with Crippen LogP contribution in [-0.2, 0) is 11.3 Å². The number of hydrogen-bond acceptors (Lipinski definition) is 5. The Morgan fingerprint density at radius 1 is 1.26 bits per heavy atom. The fraction of sp³-hybridized carbons (Fsp3) is 0.429. The molecule has 1 aliphatic heterocycles. The van der Waals surface area contributed by atoms with Gasteiger partial charge in [0.05, 0.1) is 28.3 Å². The number of nitrogens with zero attached hydrogens (tertiary/aromatic N) is 3. The second-order valence-corrected chi connectivity index (χ2v) is 8.42. The molecule has 5 nitrogen and oxygen atoms in total. The summed E-state index contributed by atoms with van der Waals surface area (Å²) in [7, 11) is 1.96. The first kappa shape index (κ1) is 18.2. The summed E-state index contributed by atoms with van der Waals surface area (Å²) in [5.74, 6) is 2.47. The molecule has 4 rings (SSSR count). The third-order valence-electron chi connectivity index (χ3n) is 5.13. The van der Waals surface area contributed by atoms with Crippen LogP contribution in [0.2, 0.25) is 0 Å². The lowest BCUT2D eigenvalue weighted by molar-refractivity contribution is -0.133. The van der Waals surface area contributed by atoms with Crippen molar-refractivity contribution in [1.82, 2.24) is 14.8 Å². The molecular weight excluding hydrogens is 358 g/mol. The number of fused-ring (bicyclic) bond motifs is 1. The summed E-state index contributed by atoms with van der Waals surface area (Å²) < 4.78 is 6.85. The molecule has 3 aromatic rings. The Balaban J connectivity index is 1.29. The summed E-state index contributed by atoms with van der Waals surface area (Å²) in [6, 6.07) is 12.2. The maximum Gasteiger partial charge on any atom is 0.236 e. The summed E-state index contributed by atoms with van der Waals surface area (Å²) in [6.45, 7) is 4.64. The average Bonchev–Trinajstić information content (AvgIpc) is 3.27. The van der Waals surface area contributed by atoms with E-state index in [9.17, 15) is 4.79 Å². The van der Waals surface area contributed by atoms with Gasteiger partial charge in [0.1, 0.15) is 11.5 Å². The highest BCUT2D eigenvalue weighted by molar-refractivity contribution is 7.18. The minimum absolute atomic E-state index is 0.198. The first-order valence-electron chi connectivity index (χ1n) is 9.45. The van der Waals surface area contributed by atoms with Crippen LogP contribution in [0.3, 0.4) is 0 Å². The van der Waals surface area contributed by atoms with Crippen LogP contribution in [-0.4, -0.2) is 47.4 Å². The number of hydrogen-bond donors (Lipinski definition) is 0. The average molecular weight is 384 g/mol. The number of furan rings is 1. The lowest BCUT2D eigenvalue weighted by Crippen LogP contribution is -2.42. The molecule has 0 N–H and O–H groups in total. The zero-order chi connectivity index (χ0) is 18.8. The molecule has 0 radical (unpaired) electrons. The fourth-order valence-corrected chi connectivity index (χ4v) is 4.80. The van der Waals surface area contributed by atoms with Gasteiger partial charge in [0.15, 0.2) is 0 Å². The highest BCUT2D eigenvalue weighted by Gasteiger charge is 2.26. The van der Waals surface area contributed by atoms with Gasteiger partial charge in [-0.15, -0.1) is 11.3 Å². The van der Waals surface area contributed by atoms with E-state index in [-0.39, 0.29) is 5.91 Å². The number of amides is 1. The first-order chi connectivity index (χ1) is 13.1. The van der Waals surface area contributed by atoms with Crippen molar-refractivity contribution >= 4 is 27.5 Å². The molecule has 0 aliphatic carbocycles. The summed E-state index contributed by atoms with van der Waals surface area (Å²) in [5.41, 5.74) is 1.09. The Kier molecular flexibility index (Phi) is 5.27. The van der Waals surface area contributed by atoms with Gasteiger partial charge in [-0.25, -0.2) is 4.98 Å². The SMILES string of the molecule is Cc1ccc(CN(C)CC(=O)N2CCC(c3nc4ccccc4s3)CC2)o1. The van der Waals surface area contributed by atoms with Gasteiger partial charge in [0.25, 0.3) is 0 Å². The second-order valence-electron chi connectivity index (χ2n) is 7.36. The highest BCUT2D eigenvalue weighted by atomic mass is 32.1. The molecule has 0 unspecified atom stereocenters. The zero-order valence-electron chi connectivity index (χ0n) is 15.9. The van der Waals surface area contributed by atoms with E-state index in [0.717, 1.165) is 43.0 Å². The Hall–Kier alpha value is -2.18. The fourth-order valence-electron chi connectivity index (χ4n) is 3.66. The lowest BCUT2D eigenvalue weighted by atomic mass is 9.97. The van der Waals surface area contributed by atoms with Crippen molar-refractivity contribution in [2.75, 3.05) is 26.7 Å². The number of likely N-dealkylation sites (tertiary alicyclic amines) is 1. The standard InChI is InChI=1S/C21H25N3O2S/c1-15-7-8-17(26-15)13-23(2)14-20(25)24-11-9-16(10-12-24)21-22-18-5-3-4-6-19(18)27-21/h3-8,16H,9-14H2,1-2H3. The number of likely N-dealkylation sites (N-methyl/N-ethyl adjacent to an activating group) is 1. The van der Waals surface area contributed by atoms with Gasteiger partial charge >= 0.3 is 0 Å². The number of carbonyl (C=O) groups is 1. The van der Waals surface area contributed by atoms with Gasteiger partial charge in [-0.1, -0.05) is 12.1 Å². The number of piperidine rings is 1. The van der Waals surface area contributed by atoms with E-state index in [1.54, 1.807) is 11.3 Å². The Bertz CT molecular complexity index is 891. The van der Waals surface area contributed by atoms with E-state index in [0.29, 0.717) is 19.0 Å². The van der Waals surface area contributed by atoms with Crippen LogP contribution in [0.15, 0.2) is 40.8 Å². The molecule has 1 amide bonds. The normalized spacial score (nSPS) is 15.7. The van der Waals surface area contributed by atoms with Gasteiger partial charge < -0.3 is 9.32 Å². The molecule has 0 saturated carbocycles. The maximum absolute atomic E-state index is 12.6. The minimum atomic E-state index is 0.198. The van der Waals surface area contributed by atoms with Crippen LogP contribution in [0.1, 0.15) is 35.3 Å². The second kappa shape index (κ2) is 7.82. The summed E-state index contributed by atoms with van der Waals surface area (Å²) >= 11 is 1.79. The largest absolute Gasteiger partial charge is 0.465 e. The maximum atomic E-state index is 12.6. The number of rotatable bonds is 5. The molecule has 0 atom stereocenters. The Morgan fingerprint density at radius 3 is 2.74 bits per heavy atom. The number of carbonyl (C=O) groups excluding carboxylic acids is 1. The molecular formula is C21H25N3O2S. The van der Waals surface area contributed by atoms with Crippen molar-refractivity contribution < 1.29 is 9.21 Å². The predicted octanol–water partition coefficient (Wildman–Crippen LogP) is 4.04. The van der Waals surface area contributed by atoms with E-state index in [1.807, 2.05) is 42.0 Å². The van der Waals surface area contributed by atoms with Crippen LogP contribution in [0, 0.1) is 6.92 Å². The molecule has 2 aromatic heterocycles. The molecule has 142 valence electrons. The number of para-hydroxylation sites is 1. The molecule has 1 fully saturated rings. The van der Waals surface area contributed by atoms with Crippen LogP contribution in [0.5, 0.6) is 0 Å². The molecule has 0 spiro atoms. The Morgan fingerprint density at radius 2 is 2.04 bits per heavy atom. The van der Waals surface area contributed by atoms with Crippen molar-refractivity contribution in [3.05, 3.63) is 52.9 Å². The number of thiazole rings is 1. The van der Waals surface area contributed by atoms with Crippen LogP contribution >= 0.6 is 11.3 Å². The molecule has 3 heterocycles. The monoisotopic (exact) mass is 383 g/mol. The summed E-state index contributed by atoms with van der Waals surface area (Å²) in [5, 5.41) is 1.22. The summed E-state index contributed by atoms with van der Waals surface area (Å²) in [6.07, 6.45) is 1.99. The van der Waals surface area contributed by atoms with Crippen LogP contribution in [0.25, 0.3) is 10.2 Å². The van der Waals surface area contributed by atoms with Gasteiger partial charge in [0, 0.05) is 19.0 Å². The van der Waals surface area contributed by atoms with Crippen LogP contribution in [0.4, 0.5) is 0 Å². The molecule has 1 aromatic carbocycles. The van der Waals surface area contributed by atoms with E-state index in [2.05, 4.69) is 18.2 Å². The quantitative estimate of drug-likeness (QED) is 0.667. The summed E-state index contributed by atoms with van der Waals surface area (Å²) in [4.78, 5) is 21.4. The predicted molar refractivity (Wildman–Crippen MR) is 108 cm³/mol. The van der Waals surface area contributed by atoms with Crippen molar-refractivity contribution in [3.63, 3.8) is 0 Å². The van der Waals surface area contributed by atoms with Crippen LogP contribution < -0.4 is 0 Å². The third kappa shape index (κ3) is 4.22. The molecule has 1 aliphatic rings. The minimum Gasteiger partial charge on any atom is -0.465 e. The van der Waals surface area contributed by atoms with Gasteiger partial charge in [-0.05, 0) is 51.1 Å². The first-order valence-corrected chi connectivity index (χ1v) is 10.3. The van der Waals surface area contributed by atoms with Crippen molar-refractivity contribution in [3.8, 4) is 0 Å². The van der Waals surface area contributed by atoms with E-state index < -0.39 is 0 Å². The van der Waals surface area contributed by atoms with E-state index in [4.69, 9.17) is 9.40 Å². The number of aryl methyl sites for hydroxylation is 1.